The van der Waals surface area contributed by atoms with Crippen LogP contribution in [0.4, 0.5) is 0 Å². The van der Waals surface area contributed by atoms with Crippen LogP contribution in [0.15, 0.2) is 0 Å². The fraction of sp³-hybridized carbons (Fsp3) is 0.966. The van der Waals surface area contributed by atoms with Gasteiger partial charge in [0, 0.05) is 0 Å². The molecule has 31 heavy (non-hydrogen) atoms. The van der Waals surface area contributed by atoms with E-state index in [0.717, 1.165) is 47.8 Å². The van der Waals surface area contributed by atoms with Crippen molar-refractivity contribution in [3.05, 3.63) is 0 Å². The number of carbonyl (C=O) groups is 1. The van der Waals surface area contributed by atoms with Crippen LogP contribution >= 0.6 is 0 Å². The molecule has 13 atom stereocenters. The van der Waals surface area contributed by atoms with Gasteiger partial charge in [0.05, 0.1) is 12.5 Å². The highest BCUT2D eigenvalue weighted by Crippen LogP contribution is 2.71. The van der Waals surface area contributed by atoms with Crippen molar-refractivity contribution in [3.8, 4) is 0 Å². The van der Waals surface area contributed by atoms with E-state index in [-0.39, 0.29) is 11.9 Å². The van der Waals surface area contributed by atoms with Gasteiger partial charge < -0.3 is 4.74 Å². The van der Waals surface area contributed by atoms with E-state index < -0.39 is 0 Å². The summed E-state index contributed by atoms with van der Waals surface area (Å²) in [5, 5.41) is 0. The molecule has 2 heteroatoms. The van der Waals surface area contributed by atoms with Crippen LogP contribution in [-0.4, -0.2) is 12.6 Å². The molecule has 0 radical (unpaired) electrons. The zero-order chi connectivity index (χ0) is 21.0. The molecule has 13 unspecified atom stereocenters. The maximum Gasteiger partial charge on any atom is 0.309 e. The van der Waals surface area contributed by atoms with Crippen LogP contribution in [0, 0.1) is 88.8 Å². The Hall–Kier alpha value is -0.530. The molecule has 0 aliphatic heterocycles. The lowest BCUT2D eigenvalue weighted by atomic mass is 9.62. The molecule has 8 bridgehead atoms. The minimum absolute atomic E-state index is 0.108. The van der Waals surface area contributed by atoms with E-state index in [9.17, 15) is 4.79 Å². The standard InChI is InChI=1S/C17H26O2.C12H18/c1-4-19-17(18)14-6-10-5-13(14)16-12-7-11(15(10)16)8(2)9(12)3;1-2-8-5-7(1)11-9-3-4-10(6-9)12(8)11/h8-16H,4-7H2,1-3H3;7-12H,1-6H2. The molecule has 8 fully saturated rings. The number of carbonyl (C=O) groups excluding carboxylic acids is 1. The zero-order valence-electron chi connectivity index (χ0n) is 20.0. The molecule has 0 aromatic carbocycles. The van der Waals surface area contributed by atoms with Crippen molar-refractivity contribution in [1.82, 2.24) is 0 Å². The first-order valence-electron chi connectivity index (χ1n) is 14.2. The average Bonchev–Trinajstić information content (AvgIpc) is 3.61. The first-order chi connectivity index (χ1) is 15.1. The molecule has 8 aliphatic carbocycles. The van der Waals surface area contributed by atoms with Gasteiger partial charge in [0.1, 0.15) is 0 Å². The number of hydrogen-bond acceptors (Lipinski definition) is 2. The maximum atomic E-state index is 12.2. The molecular weight excluding hydrogens is 380 g/mol. The van der Waals surface area contributed by atoms with Crippen LogP contribution in [0.25, 0.3) is 0 Å². The largest absolute Gasteiger partial charge is 0.466 e. The summed E-state index contributed by atoms with van der Waals surface area (Å²) in [5.41, 5.74) is 0. The summed E-state index contributed by atoms with van der Waals surface area (Å²) in [6, 6.07) is 0. The third-order valence-electron chi connectivity index (χ3n) is 13.1. The predicted octanol–water partition coefficient (Wildman–Crippen LogP) is 6.44. The zero-order valence-corrected chi connectivity index (χ0v) is 20.0. The summed E-state index contributed by atoms with van der Waals surface area (Å²) < 4.78 is 5.32. The van der Waals surface area contributed by atoms with E-state index in [1.165, 1.54) is 48.3 Å². The van der Waals surface area contributed by atoms with Gasteiger partial charge >= 0.3 is 5.97 Å². The quantitative estimate of drug-likeness (QED) is 0.377. The van der Waals surface area contributed by atoms with Gasteiger partial charge in [-0.15, -0.1) is 0 Å². The Bertz CT molecular complexity index is 701. The van der Waals surface area contributed by atoms with Gasteiger partial charge in [-0.05, 0) is 148 Å². The van der Waals surface area contributed by atoms with Crippen molar-refractivity contribution in [3.63, 3.8) is 0 Å². The van der Waals surface area contributed by atoms with E-state index >= 15 is 0 Å². The number of fused-ring (bicyclic) bond motifs is 18. The smallest absolute Gasteiger partial charge is 0.309 e. The second-order valence-electron chi connectivity index (χ2n) is 13.5. The Balaban J connectivity index is 0.000000121. The van der Waals surface area contributed by atoms with E-state index in [2.05, 4.69) is 13.8 Å². The van der Waals surface area contributed by atoms with Gasteiger partial charge in [0.2, 0.25) is 0 Å². The molecule has 0 aromatic rings. The van der Waals surface area contributed by atoms with Gasteiger partial charge in [-0.1, -0.05) is 13.8 Å². The fourth-order valence-corrected chi connectivity index (χ4v) is 12.3. The van der Waals surface area contributed by atoms with Crippen molar-refractivity contribution in [2.24, 2.45) is 88.8 Å². The number of ether oxygens (including phenoxy) is 1. The van der Waals surface area contributed by atoms with E-state index in [1.54, 1.807) is 38.5 Å². The molecule has 8 rings (SSSR count). The molecule has 0 heterocycles. The highest BCUT2D eigenvalue weighted by atomic mass is 16.5. The Morgan fingerprint density at radius 3 is 1.74 bits per heavy atom. The average molecular weight is 425 g/mol. The summed E-state index contributed by atoms with van der Waals surface area (Å²) >= 11 is 0. The van der Waals surface area contributed by atoms with E-state index in [1.807, 2.05) is 6.92 Å². The summed E-state index contributed by atoms with van der Waals surface area (Å²) in [6.07, 6.45) is 13.6. The molecule has 0 saturated heterocycles. The first-order valence-corrected chi connectivity index (χ1v) is 14.2. The lowest BCUT2D eigenvalue weighted by Crippen LogP contribution is -2.40. The molecule has 8 aliphatic rings. The predicted molar refractivity (Wildman–Crippen MR) is 122 cm³/mol. The second-order valence-corrected chi connectivity index (χ2v) is 13.5. The fourth-order valence-electron chi connectivity index (χ4n) is 12.3. The molecule has 0 amide bonds. The molecule has 0 N–H and O–H groups in total. The van der Waals surface area contributed by atoms with Gasteiger partial charge in [-0.2, -0.15) is 0 Å². The van der Waals surface area contributed by atoms with Crippen molar-refractivity contribution >= 4 is 5.97 Å². The molecule has 0 aromatic heterocycles. The van der Waals surface area contributed by atoms with Crippen LogP contribution in [0.3, 0.4) is 0 Å². The van der Waals surface area contributed by atoms with Gasteiger partial charge in [0.25, 0.3) is 0 Å². The molecule has 0 spiro atoms. The van der Waals surface area contributed by atoms with Crippen LogP contribution in [0.2, 0.25) is 0 Å². The van der Waals surface area contributed by atoms with Gasteiger partial charge in [0.15, 0.2) is 0 Å². The molecular formula is C29H44O2. The summed E-state index contributed by atoms with van der Waals surface area (Å²) in [7, 11) is 0. The minimum atomic E-state index is 0.108. The van der Waals surface area contributed by atoms with Crippen molar-refractivity contribution in [2.75, 3.05) is 6.61 Å². The third-order valence-corrected chi connectivity index (χ3v) is 13.1. The lowest BCUT2D eigenvalue weighted by molar-refractivity contribution is -0.152. The van der Waals surface area contributed by atoms with Crippen molar-refractivity contribution in [1.29, 1.82) is 0 Å². The summed E-state index contributed by atoms with van der Waals surface area (Å²) in [6.45, 7) is 7.40. The highest BCUT2D eigenvalue weighted by Gasteiger charge is 2.66. The normalized spacial score (nSPS) is 60.8. The summed E-state index contributed by atoms with van der Waals surface area (Å²) in [4.78, 5) is 12.2. The third kappa shape index (κ3) is 2.60. The Morgan fingerprint density at radius 2 is 1.19 bits per heavy atom. The topological polar surface area (TPSA) is 26.3 Å². The molecule has 8 saturated carbocycles. The van der Waals surface area contributed by atoms with E-state index in [4.69, 9.17) is 4.74 Å². The lowest BCUT2D eigenvalue weighted by Gasteiger charge is -2.42. The maximum absolute atomic E-state index is 12.2. The van der Waals surface area contributed by atoms with Gasteiger partial charge in [-0.25, -0.2) is 0 Å². The van der Waals surface area contributed by atoms with Gasteiger partial charge in [-0.3, -0.25) is 4.79 Å². The second kappa shape index (κ2) is 6.99. The monoisotopic (exact) mass is 424 g/mol. The van der Waals surface area contributed by atoms with Crippen LogP contribution in [0.1, 0.15) is 78.6 Å². The Kier molecular flexibility index (Phi) is 4.48. The number of rotatable bonds is 2. The highest BCUT2D eigenvalue weighted by molar-refractivity contribution is 5.73. The first kappa shape index (κ1) is 19.9. The van der Waals surface area contributed by atoms with Crippen molar-refractivity contribution in [2.45, 2.75) is 78.6 Å². The molecule has 172 valence electrons. The Labute approximate surface area is 189 Å². The van der Waals surface area contributed by atoms with Crippen LogP contribution < -0.4 is 0 Å². The number of esters is 1. The van der Waals surface area contributed by atoms with Crippen molar-refractivity contribution < 1.29 is 9.53 Å². The SMILES string of the molecule is C1CC2CC1C1C3CCC(C3)C21.CCOC(=O)C1CC2CC1C1C3CC(C(C)C3C)C21. The molecule has 2 nitrogen and oxygen atoms in total. The Morgan fingerprint density at radius 1 is 0.645 bits per heavy atom. The van der Waals surface area contributed by atoms with E-state index in [0.29, 0.717) is 12.5 Å². The summed E-state index contributed by atoms with van der Waals surface area (Å²) in [5.74, 6) is 14.7. The minimum Gasteiger partial charge on any atom is -0.466 e. The van der Waals surface area contributed by atoms with Crippen LogP contribution in [0.5, 0.6) is 0 Å². The van der Waals surface area contributed by atoms with Crippen LogP contribution in [-0.2, 0) is 9.53 Å². The number of hydrogen-bond donors (Lipinski definition) is 0.